The van der Waals surface area contributed by atoms with Crippen LogP contribution >= 0.6 is 0 Å². The molecule has 2 aromatic carbocycles. The Balaban J connectivity index is 0.00000198. The van der Waals surface area contributed by atoms with Gasteiger partial charge >= 0.3 is 0 Å². The third-order valence-electron chi connectivity index (χ3n) is 8.19. The highest BCUT2D eigenvalue weighted by atomic mass is 16.5. The maximum Gasteiger partial charge on any atom is 0.253 e. The van der Waals surface area contributed by atoms with E-state index < -0.39 is 0 Å². The van der Waals surface area contributed by atoms with Crippen molar-refractivity contribution in [3.63, 3.8) is 0 Å². The van der Waals surface area contributed by atoms with Crippen LogP contribution < -0.4 is 30.3 Å². The normalized spacial score (nSPS) is 15.0. The number of carbonyl (C=O) groups excluding carboxylic acids is 1. The lowest BCUT2D eigenvalue weighted by atomic mass is 9.94. The maximum atomic E-state index is 12.7. The third kappa shape index (κ3) is 5.74. The molecule has 0 radical (unpaired) electrons. The van der Waals surface area contributed by atoms with Crippen molar-refractivity contribution in [1.82, 2.24) is 9.88 Å². The van der Waals surface area contributed by atoms with Crippen molar-refractivity contribution in [3.05, 3.63) is 51.8 Å². The number of aliphatic hydroxyl groups is 1. The van der Waals surface area contributed by atoms with E-state index in [1.807, 2.05) is 45.0 Å². The molecule has 0 atom stereocenters. The van der Waals surface area contributed by atoms with E-state index in [0.717, 1.165) is 40.2 Å². The van der Waals surface area contributed by atoms with Crippen LogP contribution in [-0.4, -0.2) is 69.1 Å². The van der Waals surface area contributed by atoms with E-state index in [0.29, 0.717) is 49.4 Å². The lowest BCUT2D eigenvalue weighted by molar-refractivity contribution is -0.125. The number of benzene rings is 2. The number of methoxy groups -OCH3 is 1. The average Bonchev–Trinajstić information content (AvgIpc) is 3.03. The molecule has 42 heavy (non-hydrogen) atoms. The first kappa shape index (κ1) is 30.7. The summed E-state index contributed by atoms with van der Waals surface area (Å²) in [5, 5.41) is 22.9. The first-order valence-corrected chi connectivity index (χ1v) is 14.7. The zero-order valence-corrected chi connectivity index (χ0v) is 25.5. The number of nitrogens with one attached hydrogen (secondary N) is 1. The van der Waals surface area contributed by atoms with Crippen LogP contribution in [0.25, 0.3) is 10.9 Å². The van der Waals surface area contributed by atoms with Crippen molar-refractivity contribution in [2.45, 2.75) is 33.6 Å². The molecule has 0 aliphatic carbocycles. The molecular formula is C32H42N6O4. The second kappa shape index (κ2) is 13.2. The molecule has 3 heterocycles. The number of hydrogen-bond acceptors (Lipinski definition) is 8. The molecule has 2 N–H and O–H groups in total. The highest BCUT2D eigenvalue weighted by Gasteiger charge is 2.30. The SMILES string of the molecule is CC.COc1cc(N2CCN(C)c3cc(N4CCC(C(=O)NCCO)CC4)c(C#N)cc32)c2cc(C)c(=O)n(C)c2c1. The first-order chi connectivity index (χ1) is 20.3. The van der Waals surface area contributed by atoms with Crippen LogP contribution in [0.4, 0.5) is 22.7 Å². The number of nitriles is 1. The van der Waals surface area contributed by atoms with Gasteiger partial charge in [-0.15, -0.1) is 0 Å². The molecule has 0 saturated carbocycles. The van der Waals surface area contributed by atoms with E-state index in [1.165, 1.54) is 0 Å². The second-order valence-corrected chi connectivity index (χ2v) is 10.6. The van der Waals surface area contributed by atoms with Gasteiger partial charge in [-0.2, -0.15) is 5.26 Å². The van der Waals surface area contributed by atoms with Crippen molar-refractivity contribution in [3.8, 4) is 11.8 Å². The largest absolute Gasteiger partial charge is 0.497 e. The zero-order valence-electron chi connectivity index (χ0n) is 25.5. The van der Waals surface area contributed by atoms with Crippen molar-refractivity contribution in [1.29, 1.82) is 5.26 Å². The number of carbonyl (C=O) groups is 1. The topological polar surface area (TPSA) is 114 Å². The van der Waals surface area contributed by atoms with Crippen LogP contribution in [0.1, 0.15) is 37.8 Å². The van der Waals surface area contributed by atoms with E-state index in [4.69, 9.17) is 9.84 Å². The minimum absolute atomic E-state index is 0.0201. The fourth-order valence-electron chi connectivity index (χ4n) is 5.90. The maximum absolute atomic E-state index is 12.7. The number of likely N-dealkylation sites (N-methyl/N-ethyl adjacent to an activating group) is 1. The number of pyridine rings is 1. The summed E-state index contributed by atoms with van der Waals surface area (Å²) >= 11 is 0. The number of rotatable bonds is 6. The summed E-state index contributed by atoms with van der Waals surface area (Å²) in [7, 11) is 5.45. The van der Waals surface area contributed by atoms with E-state index in [1.54, 1.807) is 18.7 Å². The molecule has 10 nitrogen and oxygen atoms in total. The second-order valence-electron chi connectivity index (χ2n) is 10.6. The van der Waals surface area contributed by atoms with Crippen LogP contribution in [0, 0.1) is 24.2 Å². The van der Waals surface area contributed by atoms with Crippen molar-refractivity contribution < 1.29 is 14.6 Å². The Hall–Kier alpha value is -4.23. The molecule has 3 aromatic rings. The number of fused-ring (bicyclic) bond motifs is 2. The fraction of sp³-hybridized carbons (Fsp3) is 0.469. The van der Waals surface area contributed by atoms with Crippen LogP contribution in [0.5, 0.6) is 5.75 Å². The van der Waals surface area contributed by atoms with Crippen LogP contribution in [-0.2, 0) is 11.8 Å². The van der Waals surface area contributed by atoms with Gasteiger partial charge in [0.2, 0.25) is 5.91 Å². The monoisotopic (exact) mass is 574 g/mol. The first-order valence-electron chi connectivity index (χ1n) is 14.7. The Kier molecular flexibility index (Phi) is 9.63. The molecule has 0 bridgehead atoms. The van der Waals surface area contributed by atoms with Crippen molar-refractivity contribution >= 4 is 39.6 Å². The van der Waals surface area contributed by atoms with E-state index >= 15 is 0 Å². The van der Waals surface area contributed by atoms with Crippen LogP contribution in [0.3, 0.4) is 0 Å². The van der Waals surface area contributed by atoms with Gasteiger partial charge in [-0.05, 0) is 38.0 Å². The lowest BCUT2D eigenvalue weighted by Crippen LogP contribution is -2.42. The van der Waals surface area contributed by atoms with E-state index in [-0.39, 0.29) is 30.5 Å². The average molecular weight is 575 g/mol. The highest BCUT2D eigenvalue weighted by Crippen LogP contribution is 2.44. The van der Waals surface area contributed by atoms with Gasteiger partial charge in [0, 0.05) is 75.8 Å². The summed E-state index contributed by atoms with van der Waals surface area (Å²) in [6, 6.07) is 12.3. The molecule has 1 fully saturated rings. The molecule has 1 aromatic heterocycles. The fourth-order valence-corrected chi connectivity index (χ4v) is 5.90. The van der Waals surface area contributed by atoms with Crippen molar-refractivity contribution in [2.24, 2.45) is 13.0 Å². The molecule has 224 valence electrons. The number of piperidine rings is 1. The highest BCUT2D eigenvalue weighted by molar-refractivity contribution is 5.98. The Bertz CT molecular complexity index is 1550. The summed E-state index contributed by atoms with van der Waals surface area (Å²) in [5.41, 5.74) is 5.72. The Labute approximate surface area is 247 Å². The number of aryl methyl sites for hydroxylation is 2. The summed E-state index contributed by atoms with van der Waals surface area (Å²) in [6.07, 6.45) is 1.38. The van der Waals surface area contributed by atoms with Crippen LogP contribution in [0.15, 0.2) is 35.1 Å². The Morgan fingerprint density at radius 1 is 1.02 bits per heavy atom. The minimum Gasteiger partial charge on any atom is -0.497 e. The predicted molar refractivity (Wildman–Crippen MR) is 168 cm³/mol. The van der Waals surface area contributed by atoms with Gasteiger partial charge in [0.25, 0.3) is 5.56 Å². The van der Waals surface area contributed by atoms with Gasteiger partial charge in [0.1, 0.15) is 11.8 Å². The zero-order chi connectivity index (χ0) is 30.6. The molecule has 1 amide bonds. The van der Waals surface area contributed by atoms with Gasteiger partial charge in [-0.3, -0.25) is 9.59 Å². The number of anilines is 4. The Morgan fingerprint density at radius 3 is 2.38 bits per heavy atom. The number of aliphatic hydroxyl groups excluding tert-OH is 1. The lowest BCUT2D eigenvalue weighted by Gasteiger charge is -2.40. The molecule has 5 rings (SSSR count). The number of nitrogens with zero attached hydrogens (tertiary/aromatic N) is 5. The third-order valence-corrected chi connectivity index (χ3v) is 8.19. The van der Waals surface area contributed by atoms with Gasteiger partial charge < -0.3 is 34.4 Å². The number of hydrogen-bond donors (Lipinski definition) is 2. The predicted octanol–water partition coefficient (Wildman–Crippen LogP) is 3.67. The summed E-state index contributed by atoms with van der Waals surface area (Å²) < 4.78 is 7.28. The van der Waals surface area contributed by atoms with Crippen molar-refractivity contribution in [2.75, 3.05) is 68.2 Å². The smallest absolute Gasteiger partial charge is 0.253 e. The molecule has 2 aliphatic rings. The van der Waals surface area contributed by atoms with Gasteiger partial charge in [0.05, 0.1) is 47.5 Å². The standard InChI is InChI=1S/C30H36N6O4.C2H6/c1-19-13-23-25(34(3)30(19)39)15-22(40-4)16-26(23)36-11-10-33(2)27-17-24(21(18-31)14-28(27)36)35-8-5-20(6-9-35)29(38)32-7-12-37;1-2/h13-17,20,37H,5-12H2,1-4H3,(H,32,38);1-2H3. The molecule has 0 spiro atoms. The number of ether oxygens (including phenoxy) is 1. The molecular weight excluding hydrogens is 532 g/mol. The quantitative estimate of drug-likeness (QED) is 0.459. The van der Waals surface area contributed by atoms with Gasteiger partial charge in [-0.1, -0.05) is 13.8 Å². The van der Waals surface area contributed by atoms with E-state index in [9.17, 15) is 14.9 Å². The summed E-state index contributed by atoms with van der Waals surface area (Å²) in [6.45, 7) is 8.84. The minimum atomic E-state index is -0.0927. The Morgan fingerprint density at radius 2 is 1.74 bits per heavy atom. The number of aromatic nitrogens is 1. The molecule has 0 unspecified atom stereocenters. The number of amides is 1. The molecule has 2 aliphatic heterocycles. The van der Waals surface area contributed by atoms with E-state index in [2.05, 4.69) is 39.2 Å². The van der Waals surface area contributed by atoms with Crippen LogP contribution in [0.2, 0.25) is 0 Å². The molecule has 10 heteroatoms. The summed E-state index contributed by atoms with van der Waals surface area (Å²) in [5.74, 6) is 0.544. The van der Waals surface area contributed by atoms with Gasteiger partial charge in [-0.25, -0.2) is 0 Å². The molecule has 1 saturated heterocycles. The summed E-state index contributed by atoms with van der Waals surface area (Å²) in [4.78, 5) is 31.7. The van der Waals surface area contributed by atoms with Gasteiger partial charge in [0.15, 0.2) is 0 Å².